The quantitative estimate of drug-likeness (QED) is 0.498. The minimum atomic E-state index is -0.800. The van der Waals surface area contributed by atoms with E-state index in [9.17, 15) is 9.59 Å². The molecule has 2 atom stereocenters. The van der Waals surface area contributed by atoms with Crippen LogP contribution in [-0.2, 0) is 20.5 Å². The Labute approximate surface area is 208 Å². The molecule has 1 saturated heterocycles. The number of hydrogen-bond acceptors (Lipinski definition) is 7. The molecule has 0 unspecified atom stereocenters. The first-order valence-electron chi connectivity index (χ1n) is 12.3. The van der Waals surface area contributed by atoms with Crippen molar-refractivity contribution in [2.75, 3.05) is 32.8 Å². The number of benzene rings is 1. The van der Waals surface area contributed by atoms with Crippen LogP contribution < -0.4 is 10.6 Å². The minimum absolute atomic E-state index is 0.157. The molecule has 2 N–H and O–H groups in total. The van der Waals surface area contributed by atoms with Crippen molar-refractivity contribution in [2.24, 2.45) is 5.92 Å². The Balaban J connectivity index is 1.74. The fourth-order valence-corrected chi connectivity index (χ4v) is 4.04. The highest BCUT2D eigenvalue weighted by Crippen LogP contribution is 2.13. The molecule has 3 rings (SSSR count). The van der Waals surface area contributed by atoms with Gasteiger partial charge >= 0.3 is 7.12 Å². The number of hydrogen-bond donors (Lipinski definition) is 2. The topological polar surface area (TPSA) is 106 Å². The molecule has 0 aliphatic carbocycles. The smallest absolute Gasteiger partial charge is 0.408 e. The predicted molar refractivity (Wildman–Crippen MR) is 135 cm³/mol. The molecule has 1 fully saturated rings. The second kappa shape index (κ2) is 13.9. The van der Waals surface area contributed by atoms with Crippen LogP contribution in [0.25, 0.3) is 0 Å². The number of rotatable bonds is 10. The van der Waals surface area contributed by atoms with Gasteiger partial charge in [0.25, 0.3) is 5.91 Å². The summed E-state index contributed by atoms with van der Waals surface area (Å²) in [7, 11) is -0.548. The lowest BCUT2D eigenvalue weighted by Gasteiger charge is -2.31. The Hall–Kier alpha value is -2.82. The van der Waals surface area contributed by atoms with Gasteiger partial charge in [0.15, 0.2) is 0 Å². The molecular weight excluding hydrogens is 445 g/mol. The number of amides is 2. The zero-order valence-electron chi connectivity index (χ0n) is 20.9. The van der Waals surface area contributed by atoms with Crippen molar-refractivity contribution in [1.82, 2.24) is 25.5 Å². The summed E-state index contributed by atoms with van der Waals surface area (Å²) >= 11 is 0. The van der Waals surface area contributed by atoms with Crippen molar-refractivity contribution in [3.8, 4) is 0 Å². The fraction of sp³-hybridized carbons (Fsp3) is 0.520. The maximum Gasteiger partial charge on any atom is 0.480 e. The van der Waals surface area contributed by atoms with Crippen LogP contribution in [0, 0.1) is 5.92 Å². The third-order valence-corrected chi connectivity index (χ3v) is 5.91. The molecule has 188 valence electrons. The largest absolute Gasteiger partial charge is 0.480 e. The van der Waals surface area contributed by atoms with Gasteiger partial charge in [-0.25, -0.2) is 4.98 Å². The van der Waals surface area contributed by atoms with Crippen LogP contribution >= 0.6 is 0 Å². The lowest BCUT2D eigenvalue weighted by Crippen LogP contribution is -2.57. The molecule has 0 spiro atoms. The second-order valence-corrected chi connectivity index (χ2v) is 9.10. The Morgan fingerprint density at radius 1 is 1.09 bits per heavy atom. The molecule has 2 amide bonds. The number of carbonyl (C=O) groups excluding carboxylic acids is 2. The van der Waals surface area contributed by atoms with Crippen molar-refractivity contribution >= 4 is 18.9 Å². The minimum Gasteiger partial charge on any atom is -0.408 e. The first-order chi connectivity index (χ1) is 17.0. The summed E-state index contributed by atoms with van der Waals surface area (Å²) in [4.78, 5) is 36.6. The number of likely N-dealkylation sites (N-methyl/N-ethyl adjacent to an activating group) is 1. The van der Waals surface area contributed by atoms with Crippen LogP contribution in [0.5, 0.6) is 0 Å². The summed E-state index contributed by atoms with van der Waals surface area (Å²) in [6.07, 6.45) is 5.35. The molecule has 2 aromatic rings. The zero-order valence-corrected chi connectivity index (χ0v) is 20.9. The molecule has 35 heavy (non-hydrogen) atoms. The molecule has 1 aliphatic heterocycles. The van der Waals surface area contributed by atoms with E-state index in [-0.39, 0.29) is 17.5 Å². The summed E-state index contributed by atoms with van der Waals surface area (Å²) in [6, 6.07) is 8.80. The molecule has 9 nitrogen and oxygen atoms in total. The average molecular weight is 481 g/mol. The number of carbonyl (C=O) groups is 2. The van der Waals surface area contributed by atoms with Crippen LogP contribution in [0.2, 0.25) is 0 Å². The van der Waals surface area contributed by atoms with Gasteiger partial charge in [-0.2, -0.15) is 0 Å². The number of nitrogens with zero attached hydrogens (tertiary/aromatic N) is 3. The maximum absolute atomic E-state index is 13.5. The number of nitrogens with one attached hydrogen (secondary N) is 2. The van der Waals surface area contributed by atoms with Gasteiger partial charge in [0, 0.05) is 45.1 Å². The monoisotopic (exact) mass is 481 g/mol. The van der Waals surface area contributed by atoms with Gasteiger partial charge < -0.3 is 19.9 Å². The van der Waals surface area contributed by atoms with E-state index in [1.165, 1.54) is 18.6 Å². The predicted octanol–water partition coefficient (Wildman–Crippen LogP) is 1.74. The first kappa shape index (κ1) is 26.8. The van der Waals surface area contributed by atoms with Crippen molar-refractivity contribution in [3.63, 3.8) is 0 Å². The van der Waals surface area contributed by atoms with E-state index in [1.54, 1.807) is 0 Å². The van der Waals surface area contributed by atoms with E-state index in [1.807, 2.05) is 30.3 Å². The summed E-state index contributed by atoms with van der Waals surface area (Å²) < 4.78 is 12.1. The molecule has 0 bridgehead atoms. The third kappa shape index (κ3) is 8.72. The van der Waals surface area contributed by atoms with Gasteiger partial charge in [0.2, 0.25) is 5.91 Å². The van der Waals surface area contributed by atoms with Crippen LogP contribution in [-0.4, -0.2) is 78.6 Å². The number of aromatic nitrogens is 2. The van der Waals surface area contributed by atoms with Crippen LogP contribution in [0.3, 0.4) is 0 Å². The van der Waals surface area contributed by atoms with Gasteiger partial charge in [-0.3, -0.25) is 19.5 Å². The highest BCUT2D eigenvalue weighted by atomic mass is 16.6. The SMILES string of the molecule is CCN1CCOB([C@H](CC(C)C)NC(=O)[C@H](Cc2ccccc2)NC(=O)c2cnccn2)OCC1. The van der Waals surface area contributed by atoms with E-state index in [4.69, 9.17) is 9.31 Å². The Bertz CT molecular complexity index is 909. The van der Waals surface area contributed by atoms with Crippen molar-refractivity contribution in [3.05, 3.63) is 60.2 Å². The van der Waals surface area contributed by atoms with E-state index >= 15 is 0 Å². The van der Waals surface area contributed by atoms with Gasteiger partial charge in [-0.1, -0.05) is 51.1 Å². The van der Waals surface area contributed by atoms with E-state index in [2.05, 4.69) is 46.3 Å². The van der Waals surface area contributed by atoms with Crippen molar-refractivity contribution < 1.29 is 18.9 Å². The summed E-state index contributed by atoms with van der Waals surface area (Å²) in [6.45, 7) is 9.95. The van der Waals surface area contributed by atoms with Crippen LogP contribution in [0.1, 0.15) is 43.2 Å². The molecule has 1 aromatic carbocycles. The molecular formula is C25H36BN5O4. The molecule has 0 saturated carbocycles. The van der Waals surface area contributed by atoms with Crippen molar-refractivity contribution in [1.29, 1.82) is 0 Å². The summed E-state index contributed by atoms with van der Waals surface area (Å²) in [5.41, 5.74) is 1.09. The standard InChI is InChI=1S/C25H36BN5O4/c1-4-31-12-14-34-26(35-15-13-31)23(16-19(2)3)30-24(32)21(17-20-8-6-5-7-9-20)29-25(33)22-18-27-10-11-28-22/h5-11,18-19,21,23H,4,12-17H2,1-3H3,(H,29,33)(H,30,32)/t21-,23-/m0/s1. The zero-order chi connectivity index (χ0) is 25.0. The van der Waals surface area contributed by atoms with E-state index < -0.39 is 19.1 Å². The van der Waals surface area contributed by atoms with Crippen LogP contribution in [0.4, 0.5) is 0 Å². The van der Waals surface area contributed by atoms with E-state index in [0.717, 1.165) is 25.2 Å². The Morgan fingerprint density at radius 2 is 1.80 bits per heavy atom. The van der Waals surface area contributed by atoms with Gasteiger partial charge in [0.05, 0.1) is 12.1 Å². The highest BCUT2D eigenvalue weighted by molar-refractivity contribution is 6.47. The second-order valence-electron chi connectivity index (χ2n) is 9.10. The molecule has 10 heteroatoms. The Kier molecular flexibility index (Phi) is 10.6. The lowest BCUT2D eigenvalue weighted by atomic mass is 9.73. The molecule has 1 aliphatic rings. The van der Waals surface area contributed by atoms with Gasteiger partial charge in [-0.05, 0) is 24.4 Å². The molecule has 2 heterocycles. The molecule has 0 radical (unpaired) electrons. The third-order valence-electron chi connectivity index (χ3n) is 5.91. The normalized spacial score (nSPS) is 16.7. The Morgan fingerprint density at radius 3 is 2.40 bits per heavy atom. The summed E-state index contributed by atoms with van der Waals surface area (Å²) in [5.74, 6) is -0.775. The highest BCUT2D eigenvalue weighted by Gasteiger charge is 2.35. The molecule has 1 aromatic heterocycles. The summed E-state index contributed by atoms with van der Waals surface area (Å²) in [5, 5.41) is 5.95. The van der Waals surface area contributed by atoms with Crippen LogP contribution in [0.15, 0.2) is 48.9 Å². The van der Waals surface area contributed by atoms with Gasteiger partial charge in [0.1, 0.15) is 11.7 Å². The first-order valence-corrected chi connectivity index (χ1v) is 12.3. The van der Waals surface area contributed by atoms with Gasteiger partial charge in [-0.15, -0.1) is 0 Å². The lowest BCUT2D eigenvalue weighted by molar-refractivity contribution is -0.123. The van der Waals surface area contributed by atoms with E-state index in [0.29, 0.717) is 32.0 Å². The average Bonchev–Trinajstić information content (AvgIpc) is 2.84. The van der Waals surface area contributed by atoms with Crippen molar-refractivity contribution in [2.45, 2.75) is 45.6 Å². The maximum atomic E-state index is 13.5. The fourth-order valence-electron chi connectivity index (χ4n) is 4.04.